The van der Waals surface area contributed by atoms with Crippen LogP contribution in [0.1, 0.15) is 0 Å². The van der Waals surface area contributed by atoms with E-state index in [4.69, 9.17) is 69.6 Å². The summed E-state index contributed by atoms with van der Waals surface area (Å²) in [6.45, 7) is -1.39. The van der Waals surface area contributed by atoms with Gasteiger partial charge in [-0.2, -0.15) is 0 Å². The van der Waals surface area contributed by atoms with Crippen molar-refractivity contribution in [3.63, 3.8) is 0 Å². The van der Waals surface area contributed by atoms with Crippen LogP contribution in [0.25, 0.3) is 0 Å². The zero-order valence-corrected chi connectivity index (χ0v) is 15.2. The molecule has 0 aromatic heterocycles. The first-order valence-electron chi connectivity index (χ1n) is 3.15. The zero-order chi connectivity index (χ0) is 12.3. The molecule has 92 valence electrons. The van der Waals surface area contributed by atoms with E-state index in [-0.39, 0.29) is 29.6 Å². The van der Waals surface area contributed by atoms with Crippen LogP contribution in [0.3, 0.4) is 0 Å². The quantitative estimate of drug-likeness (QED) is 0.397. The average molecular weight is 383 g/mol. The van der Waals surface area contributed by atoms with Crippen molar-refractivity contribution in [2.75, 3.05) is 13.2 Å². The van der Waals surface area contributed by atoms with Crippen LogP contribution in [0.2, 0.25) is 0 Å². The molecule has 0 aliphatic carbocycles. The first-order chi connectivity index (χ1) is 6.41. The molecule has 0 atom stereocenters. The number of phosphoric acid groups is 1. The molecule has 0 aliphatic rings. The molecule has 4 nitrogen and oxygen atoms in total. The first kappa shape index (κ1) is 21.2. The molecule has 0 saturated carbocycles. The molecule has 12 heteroatoms. The second-order valence-electron chi connectivity index (χ2n) is 2.22. The second-order valence-corrected chi connectivity index (χ2v) is 8.67. The number of hydrogen-bond acceptors (Lipinski definition) is 4. The van der Waals surface area contributed by atoms with E-state index in [2.05, 4.69) is 9.05 Å². The minimum absolute atomic E-state index is 0. The van der Waals surface area contributed by atoms with Crippen molar-refractivity contribution >= 4 is 77.4 Å². The van der Waals surface area contributed by atoms with Gasteiger partial charge in [-0.15, -0.1) is 0 Å². The molecule has 0 saturated heterocycles. The van der Waals surface area contributed by atoms with Gasteiger partial charge in [-0.1, -0.05) is 69.6 Å². The maximum absolute atomic E-state index is 11.0. The van der Waals surface area contributed by atoms with E-state index in [1.54, 1.807) is 0 Å². The van der Waals surface area contributed by atoms with E-state index in [1.807, 2.05) is 0 Å². The van der Waals surface area contributed by atoms with Gasteiger partial charge >= 0.3 is 29.6 Å². The summed E-state index contributed by atoms with van der Waals surface area (Å²) in [5, 5.41) is 0. The number of rotatable bonds is 4. The summed E-state index contributed by atoms with van der Waals surface area (Å²) >= 11 is 31.4. The van der Waals surface area contributed by atoms with Crippen LogP contribution in [0, 0.1) is 0 Å². The maximum Gasteiger partial charge on any atom is 1.00 e. The van der Waals surface area contributed by atoms with Gasteiger partial charge in [0.1, 0.15) is 13.2 Å². The monoisotopic (exact) mass is 380 g/mol. The molecular formula is C4H4Cl6NaO4P. The van der Waals surface area contributed by atoms with Gasteiger partial charge in [0, 0.05) is 0 Å². The molecule has 0 aliphatic heterocycles. The molecule has 0 aromatic rings. The van der Waals surface area contributed by atoms with Gasteiger partial charge in [-0.25, -0.2) is 0 Å². The van der Waals surface area contributed by atoms with Crippen LogP contribution in [0.5, 0.6) is 0 Å². The molecule has 0 unspecified atom stereocenters. The topological polar surface area (TPSA) is 58.6 Å². The summed E-state index contributed by atoms with van der Waals surface area (Å²) in [6, 6.07) is 0. The van der Waals surface area contributed by atoms with Crippen molar-refractivity contribution in [2.45, 2.75) is 7.59 Å². The molecule has 0 fully saturated rings. The molecule has 0 N–H and O–H groups in total. The Morgan fingerprint density at radius 3 is 1.38 bits per heavy atom. The molecule has 0 spiro atoms. The second kappa shape index (κ2) is 8.21. The van der Waals surface area contributed by atoms with Crippen molar-refractivity contribution in [1.29, 1.82) is 0 Å². The van der Waals surface area contributed by atoms with Gasteiger partial charge in [-0.05, 0) is 0 Å². The smallest absolute Gasteiger partial charge is 0.756 e. The van der Waals surface area contributed by atoms with Crippen molar-refractivity contribution in [2.24, 2.45) is 0 Å². The molecule has 0 aromatic carbocycles. The summed E-state index contributed by atoms with van der Waals surface area (Å²) in [4.78, 5) is 11.0. The molecule has 0 rings (SSSR count). The van der Waals surface area contributed by atoms with Gasteiger partial charge in [0.25, 0.3) is 7.82 Å². The Morgan fingerprint density at radius 1 is 0.938 bits per heavy atom. The van der Waals surface area contributed by atoms with Gasteiger partial charge in [-0.3, -0.25) is 4.57 Å². The third kappa shape index (κ3) is 14.9. The summed E-state index contributed by atoms with van der Waals surface area (Å²) in [7, 11) is -4.64. The summed E-state index contributed by atoms with van der Waals surface area (Å²) in [6.07, 6.45) is 0. The maximum atomic E-state index is 11.0. The molecule has 0 amide bonds. The Labute approximate surface area is 145 Å². The van der Waals surface area contributed by atoms with E-state index in [0.29, 0.717) is 0 Å². The van der Waals surface area contributed by atoms with Crippen molar-refractivity contribution in [3.05, 3.63) is 0 Å². The number of alkyl halides is 6. The number of phosphoric ester groups is 1. The Bertz CT molecular complexity index is 230. The van der Waals surface area contributed by atoms with Crippen LogP contribution in [-0.4, -0.2) is 20.8 Å². The predicted octanol–water partition coefficient (Wildman–Crippen LogP) is 0.232. The molecule has 0 heterocycles. The largest absolute Gasteiger partial charge is 1.00 e. The molecular weight excluding hydrogens is 379 g/mol. The first-order valence-corrected chi connectivity index (χ1v) is 6.88. The molecule has 16 heavy (non-hydrogen) atoms. The van der Waals surface area contributed by atoms with Crippen LogP contribution in [0.4, 0.5) is 0 Å². The van der Waals surface area contributed by atoms with Gasteiger partial charge in [0.15, 0.2) is 0 Å². The Hall–Kier alpha value is 2.85. The van der Waals surface area contributed by atoms with E-state index in [9.17, 15) is 9.46 Å². The number of hydrogen-bond donors (Lipinski definition) is 0. The third-order valence-electron chi connectivity index (χ3n) is 0.773. The van der Waals surface area contributed by atoms with Gasteiger partial charge < -0.3 is 13.9 Å². The summed E-state index contributed by atoms with van der Waals surface area (Å²) < 4.78 is 15.6. The fourth-order valence-corrected chi connectivity index (χ4v) is 1.90. The van der Waals surface area contributed by atoms with E-state index in [0.717, 1.165) is 0 Å². The number of halogens is 6. The van der Waals surface area contributed by atoms with Crippen molar-refractivity contribution < 1.29 is 48.1 Å². The Balaban J connectivity index is 0. The zero-order valence-electron chi connectivity index (χ0n) is 7.76. The Kier molecular flexibility index (Phi) is 10.9. The fourth-order valence-electron chi connectivity index (χ4n) is 0.342. The summed E-state index contributed by atoms with van der Waals surface area (Å²) in [5.74, 6) is 0. The fraction of sp³-hybridized carbons (Fsp3) is 1.00. The van der Waals surface area contributed by atoms with Crippen molar-refractivity contribution in [3.8, 4) is 0 Å². The van der Waals surface area contributed by atoms with Crippen LogP contribution >= 0.6 is 77.4 Å². The van der Waals surface area contributed by atoms with E-state index in [1.165, 1.54) is 0 Å². The minimum Gasteiger partial charge on any atom is -0.756 e. The third-order valence-corrected chi connectivity index (χ3v) is 2.32. The summed E-state index contributed by atoms with van der Waals surface area (Å²) in [5.41, 5.74) is 0. The average Bonchev–Trinajstić information content (AvgIpc) is 1.96. The van der Waals surface area contributed by atoms with E-state index < -0.39 is 28.6 Å². The molecule has 0 bridgehead atoms. The van der Waals surface area contributed by atoms with Gasteiger partial charge in [0.2, 0.25) is 7.59 Å². The standard InChI is InChI=1S/C4H5Cl6O4P.Na/c5-3(6,7)1-13-15(11,12)14-2-4(8,9)10;/h1-2H2,(H,11,12);/q;+1/p-1. The Morgan fingerprint density at radius 2 is 1.19 bits per heavy atom. The molecule has 0 radical (unpaired) electrons. The van der Waals surface area contributed by atoms with E-state index >= 15 is 0 Å². The van der Waals surface area contributed by atoms with Gasteiger partial charge in [0.05, 0.1) is 0 Å². The van der Waals surface area contributed by atoms with Crippen molar-refractivity contribution in [1.82, 2.24) is 0 Å². The van der Waals surface area contributed by atoms with Crippen LogP contribution in [0.15, 0.2) is 0 Å². The minimum atomic E-state index is -4.64. The SMILES string of the molecule is O=P([O-])(OCC(Cl)(Cl)Cl)OCC(Cl)(Cl)Cl.[Na+]. The van der Waals surface area contributed by atoms with Crippen LogP contribution in [-0.2, 0) is 13.6 Å². The predicted molar refractivity (Wildman–Crippen MR) is 60.1 cm³/mol. The van der Waals surface area contributed by atoms with Crippen LogP contribution < -0.4 is 34.5 Å². The normalized spacial score (nSPS) is 13.4.